The first-order chi connectivity index (χ1) is 6.40. The number of aromatic nitrogens is 1. The maximum Gasteiger partial charge on any atom is 0.159 e. The predicted molar refractivity (Wildman–Crippen MR) is 45.8 cm³/mol. The van der Waals surface area contributed by atoms with Crippen LogP contribution in [0.25, 0.3) is 0 Å². The minimum Gasteiger partial charge on any atom is -0.389 e. The number of hydrogen-bond acceptors (Lipinski definition) is 3. The van der Waals surface area contributed by atoms with Gasteiger partial charge in [-0.2, -0.15) is 0 Å². The monoisotopic (exact) mass is 177 g/mol. The molecule has 4 heteroatoms. The van der Waals surface area contributed by atoms with Crippen molar-refractivity contribution in [3.05, 3.63) is 30.1 Å². The van der Waals surface area contributed by atoms with E-state index in [-0.39, 0.29) is 12.7 Å². The van der Waals surface area contributed by atoms with E-state index in [0.717, 1.165) is 11.4 Å². The van der Waals surface area contributed by atoms with Crippen LogP contribution in [0.2, 0.25) is 0 Å². The average Bonchev–Trinajstić information content (AvgIpc) is 2.67. The average molecular weight is 177 g/mol. The van der Waals surface area contributed by atoms with Crippen LogP contribution in [0.3, 0.4) is 0 Å². The highest BCUT2D eigenvalue weighted by Gasteiger charge is 2.22. The summed E-state index contributed by atoms with van der Waals surface area (Å²) >= 11 is 0. The molecule has 1 aromatic rings. The van der Waals surface area contributed by atoms with Gasteiger partial charge >= 0.3 is 0 Å². The fourth-order valence-corrected chi connectivity index (χ4v) is 1.20. The first-order valence-electron chi connectivity index (χ1n) is 4.12. The van der Waals surface area contributed by atoms with Crippen molar-refractivity contribution in [1.29, 1.82) is 0 Å². The smallest absolute Gasteiger partial charge is 0.159 e. The summed E-state index contributed by atoms with van der Waals surface area (Å²) in [4.78, 5) is 9.02. The van der Waals surface area contributed by atoms with E-state index in [2.05, 4.69) is 10.1 Å². The molecule has 67 valence electrons. The van der Waals surface area contributed by atoms with Gasteiger partial charge in [0.2, 0.25) is 0 Å². The van der Waals surface area contributed by atoms with Crippen LogP contribution in [0.1, 0.15) is 12.1 Å². The molecule has 1 aromatic heterocycles. The number of rotatable bonds is 2. The SMILES string of the molecule is [O]CC1CC(c2ccccn2)=NO1. The quantitative estimate of drug-likeness (QED) is 0.676. The fourth-order valence-electron chi connectivity index (χ4n) is 1.20. The fraction of sp³-hybridized carbons (Fsp3) is 0.333. The minimum atomic E-state index is -0.308. The Morgan fingerprint density at radius 2 is 2.46 bits per heavy atom. The highest BCUT2D eigenvalue weighted by Crippen LogP contribution is 2.14. The van der Waals surface area contributed by atoms with Crippen molar-refractivity contribution in [3.63, 3.8) is 0 Å². The molecular formula is C9H9N2O2. The Balaban J connectivity index is 2.12. The summed E-state index contributed by atoms with van der Waals surface area (Å²) in [6.45, 7) is -0.250. The third kappa shape index (κ3) is 1.67. The lowest BCUT2D eigenvalue weighted by Crippen LogP contribution is -2.12. The van der Waals surface area contributed by atoms with Crippen LogP contribution in [0.5, 0.6) is 0 Å². The molecule has 2 rings (SSSR count). The highest BCUT2D eigenvalue weighted by atomic mass is 16.6. The van der Waals surface area contributed by atoms with Gasteiger partial charge in [0, 0.05) is 12.6 Å². The Morgan fingerprint density at radius 1 is 1.54 bits per heavy atom. The molecule has 0 saturated heterocycles. The zero-order valence-electron chi connectivity index (χ0n) is 7.01. The molecule has 0 fully saturated rings. The van der Waals surface area contributed by atoms with Crippen molar-refractivity contribution in [2.24, 2.45) is 5.16 Å². The van der Waals surface area contributed by atoms with Crippen molar-refractivity contribution in [2.45, 2.75) is 12.5 Å². The molecule has 0 bridgehead atoms. The maximum absolute atomic E-state index is 10.5. The Labute approximate surface area is 75.9 Å². The number of hydrogen-bond donors (Lipinski definition) is 0. The Bertz CT molecular complexity index is 311. The summed E-state index contributed by atoms with van der Waals surface area (Å²) in [5.74, 6) is 0. The van der Waals surface area contributed by atoms with Gasteiger partial charge in [0.05, 0.1) is 5.69 Å². The van der Waals surface area contributed by atoms with Crippen LogP contribution in [0.15, 0.2) is 29.6 Å². The molecular weight excluding hydrogens is 168 g/mol. The Hall–Kier alpha value is -1.42. The largest absolute Gasteiger partial charge is 0.389 e. The van der Waals surface area contributed by atoms with Crippen molar-refractivity contribution in [1.82, 2.24) is 4.98 Å². The summed E-state index contributed by atoms with van der Waals surface area (Å²) in [5.41, 5.74) is 1.56. The predicted octanol–water partition coefficient (Wildman–Crippen LogP) is 1.01. The summed E-state index contributed by atoms with van der Waals surface area (Å²) in [6.07, 6.45) is 1.96. The van der Waals surface area contributed by atoms with Gasteiger partial charge in [-0.3, -0.25) is 4.98 Å². The first-order valence-corrected chi connectivity index (χ1v) is 4.12. The maximum atomic E-state index is 10.5. The summed E-state index contributed by atoms with van der Waals surface area (Å²) in [6, 6.07) is 5.58. The lowest BCUT2D eigenvalue weighted by Gasteiger charge is -1.99. The number of pyridine rings is 1. The Morgan fingerprint density at radius 3 is 3.08 bits per heavy atom. The molecule has 0 aromatic carbocycles. The molecule has 1 aliphatic heterocycles. The molecule has 0 spiro atoms. The normalized spacial score (nSPS) is 21.0. The van der Waals surface area contributed by atoms with Crippen molar-refractivity contribution in [2.75, 3.05) is 6.61 Å². The van der Waals surface area contributed by atoms with Gasteiger partial charge in [-0.05, 0) is 12.1 Å². The van der Waals surface area contributed by atoms with Crippen LogP contribution in [-0.4, -0.2) is 23.4 Å². The molecule has 1 aliphatic rings. The zero-order chi connectivity index (χ0) is 9.10. The topological polar surface area (TPSA) is 54.4 Å². The van der Waals surface area contributed by atoms with Crippen LogP contribution in [-0.2, 0) is 9.94 Å². The van der Waals surface area contributed by atoms with Gasteiger partial charge < -0.3 is 4.84 Å². The summed E-state index contributed by atoms with van der Waals surface area (Å²) in [7, 11) is 0. The van der Waals surface area contributed by atoms with E-state index in [1.54, 1.807) is 6.20 Å². The van der Waals surface area contributed by atoms with Crippen LogP contribution in [0, 0.1) is 0 Å². The van der Waals surface area contributed by atoms with E-state index < -0.39 is 0 Å². The molecule has 0 N–H and O–H groups in total. The van der Waals surface area contributed by atoms with E-state index in [9.17, 15) is 5.11 Å². The standard InChI is InChI=1S/C9H9N2O2/c12-6-7-5-9(11-13-7)8-3-1-2-4-10-8/h1-4,7H,5-6H2. The van der Waals surface area contributed by atoms with Gasteiger partial charge in [-0.25, -0.2) is 5.11 Å². The first kappa shape index (κ1) is 8.19. The Kier molecular flexibility index (Phi) is 2.23. The van der Waals surface area contributed by atoms with Crippen molar-refractivity contribution in [3.8, 4) is 0 Å². The third-order valence-electron chi connectivity index (χ3n) is 1.88. The molecule has 2 heterocycles. The van der Waals surface area contributed by atoms with Gasteiger partial charge in [-0.15, -0.1) is 0 Å². The van der Waals surface area contributed by atoms with Crippen molar-refractivity contribution >= 4 is 5.71 Å². The zero-order valence-corrected chi connectivity index (χ0v) is 7.01. The number of nitrogens with zero attached hydrogens (tertiary/aromatic N) is 2. The minimum absolute atomic E-state index is 0.250. The molecule has 1 atom stereocenters. The molecule has 0 amide bonds. The lowest BCUT2D eigenvalue weighted by molar-refractivity contribution is 0.0134. The molecule has 13 heavy (non-hydrogen) atoms. The molecule has 0 aliphatic carbocycles. The second kappa shape index (κ2) is 3.53. The van der Waals surface area contributed by atoms with E-state index in [1.165, 1.54) is 0 Å². The van der Waals surface area contributed by atoms with E-state index in [4.69, 9.17) is 4.84 Å². The second-order valence-corrected chi connectivity index (χ2v) is 2.85. The van der Waals surface area contributed by atoms with Crippen LogP contribution < -0.4 is 0 Å². The summed E-state index contributed by atoms with van der Waals surface area (Å²) < 4.78 is 0. The van der Waals surface area contributed by atoms with E-state index in [0.29, 0.717) is 6.42 Å². The molecule has 1 radical (unpaired) electrons. The van der Waals surface area contributed by atoms with E-state index >= 15 is 0 Å². The molecule has 4 nitrogen and oxygen atoms in total. The third-order valence-corrected chi connectivity index (χ3v) is 1.88. The highest BCUT2D eigenvalue weighted by molar-refractivity contribution is 5.99. The van der Waals surface area contributed by atoms with Crippen LogP contribution >= 0.6 is 0 Å². The van der Waals surface area contributed by atoms with Crippen LogP contribution in [0.4, 0.5) is 0 Å². The van der Waals surface area contributed by atoms with Crippen molar-refractivity contribution < 1.29 is 9.94 Å². The van der Waals surface area contributed by atoms with Gasteiger partial charge in [0.1, 0.15) is 12.3 Å². The lowest BCUT2D eigenvalue weighted by atomic mass is 10.1. The second-order valence-electron chi connectivity index (χ2n) is 2.85. The molecule has 0 saturated carbocycles. The summed E-state index contributed by atoms with van der Waals surface area (Å²) in [5, 5.41) is 14.3. The number of oxime groups is 1. The van der Waals surface area contributed by atoms with Gasteiger partial charge in [0.15, 0.2) is 6.10 Å². The van der Waals surface area contributed by atoms with E-state index in [1.807, 2.05) is 18.2 Å². The molecule has 1 unspecified atom stereocenters. The van der Waals surface area contributed by atoms with Gasteiger partial charge in [-0.1, -0.05) is 11.2 Å². The van der Waals surface area contributed by atoms with Gasteiger partial charge in [0.25, 0.3) is 0 Å².